The number of H-pyrrole nitrogens is 1. The van der Waals surface area contributed by atoms with Gasteiger partial charge in [0.05, 0.1) is 12.6 Å². The SMILES string of the molecule is Cc1nc2cc[nH]n2c(=O)c1CCC(=O)N[C@@H](CO)C(C)C. The highest BCUT2D eigenvalue weighted by atomic mass is 16.3. The van der Waals surface area contributed by atoms with Crippen molar-refractivity contribution in [2.45, 2.75) is 39.7 Å². The predicted molar refractivity (Wildman–Crippen MR) is 82.7 cm³/mol. The first kappa shape index (κ1) is 16.2. The molecule has 1 atom stereocenters. The van der Waals surface area contributed by atoms with E-state index >= 15 is 0 Å². The number of hydrogen-bond acceptors (Lipinski definition) is 4. The largest absolute Gasteiger partial charge is 0.394 e. The first-order valence-corrected chi connectivity index (χ1v) is 7.40. The number of aryl methyl sites for hydroxylation is 1. The molecule has 2 aromatic rings. The Morgan fingerprint density at radius 3 is 2.86 bits per heavy atom. The molecule has 0 aliphatic rings. The summed E-state index contributed by atoms with van der Waals surface area (Å²) in [5, 5.41) is 14.8. The highest BCUT2D eigenvalue weighted by Gasteiger charge is 2.16. The van der Waals surface area contributed by atoms with Crippen molar-refractivity contribution in [1.82, 2.24) is 19.9 Å². The Morgan fingerprint density at radius 1 is 1.50 bits per heavy atom. The van der Waals surface area contributed by atoms with Crippen LogP contribution >= 0.6 is 0 Å². The summed E-state index contributed by atoms with van der Waals surface area (Å²) in [5.41, 5.74) is 1.55. The number of rotatable bonds is 6. The van der Waals surface area contributed by atoms with Gasteiger partial charge in [0, 0.05) is 29.9 Å². The highest BCUT2D eigenvalue weighted by molar-refractivity contribution is 5.76. The van der Waals surface area contributed by atoms with Gasteiger partial charge >= 0.3 is 0 Å². The average Bonchev–Trinajstić information content (AvgIpc) is 2.92. The molecule has 7 nitrogen and oxygen atoms in total. The van der Waals surface area contributed by atoms with E-state index in [1.54, 1.807) is 19.2 Å². The van der Waals surface area contributed by atoms with Gasteiger partial charge in [0.2, 0.25) is 5.91 Å². The molecule has 22 heavy (non-hydrogen) atoms. The van der Waals surface area contributed by atoms with E-state index in [9.17, 15) is 14.7 Å². The van der Waals surface area contributed by atoms with E-state index in [0.717, 1.165) is 0 Å². The van der Waals surface area contributed by atoms with Crippen LogP contribution in [0.25, 0.3) is 5.65 Å². The molecule has 120 valence electrons. The van der Waals surface area contributed by atoms with Gasteiger partial charge in [0.1, 0.15) is 0 Å². The van der Waals surface area contributed by atoms with E-state index in [0.29, 0.717) is 23.3 Å². The number of carbonyl (C=O) groups excluding carboxylic acids is 1. The van der Waals surface area contributed by atoms with Gasteiger partial charge in [0.15, 0.2) is 5.65 Å². The molecule has 0 aliphatic heterocycles. The van der Waals surface area contributed by atoms with E-state index < -0.39 is 0 Å². The van der Waals surface area contributed by atoms with Crippen molar-refractivity contribution in [1.29, 1.82) is 0 Å². The maximum absolute atomic E-state index is 12.3. The van der Waals surface area contributed by atoms with Gasteiger partial charge in [-0.3, -0.25) is 14.7 Å². The second kappa shape index (κ2) is 6.74. The summed E-state index contributed by atoms with van der Waals surface area (Å²) in [6.45, 7) is 5.54. The fourth-order valence-electron chi connectivity index (χ4n) is 2.33. The Kier molecular flexibility index (Phi) is 4.97. The monoisotopic (exact) mass is 306 g/mol. The Bertz CT molecular complexity index is 717. The minimum Gasteiger partial charge on any atom is -0.394 e. The lowest BCUT2D eigenvalue weighted by Crippen LogP contribution is -2.41. The summed E-state index contributed by atoms with van der Waals surface area (Å²) >= 11 is 0. The van der Waals surface area contributed by atoms with Crippen LogP contribution in [-0.2, 0) is 11.2 Å². The molecule has 3 N–H and O–H groups in total. The third kappa shape index (κ3) is 3.36. The summed E-state index contributed by atoms with van der Waals surface area (Å²) in [4.78, 5) is 28.6. The van der Waals surface area contributed by atoms with E-state index in [1.807, 2.05) is 13.8 Å². The summed E-state index contributed by atoms with van der Waals surface area (Å²) in [6, 6.07) is 1.46. The molecule has 2 aromatic heterocycles. The summed E-state index contributed by atoms with van der Waals surface area (Å²) < 4.78 is 1.37. The molecule has 0 saturated heterocycles. The number of aromatic nitrogens is 3. The fraction of sp³-hybridized carbons (Fsp3) is 0.533. The standard InChI is InChI=1S/C15H22N4O3/c1-9(2)12(8-20)18-14(21)5-4-11-10(3)17-13-6-7-16-19(13)15(11)22/h6-7,9,12,16,20H,4-5,8H2,1-3H3,(H,18,21)/t12-/m0/s1. The number of aliphatic hydroxyl groups excluding tert-OH is 1. The van der Waals surface area contributed by atoms with Crippen molar-refractivity contribution in [2.24, 2.45) is 5.92 Å². The summed E-state index contributed by atoms with van der Waals surface area (Å²) in [7, 11) is 0. The van der Waals surface area contributed by atoms with Gasteiger partial charge in [-0.1, -0.05) is 13.8 Å². The minimum atomic E-state index is -0.265. The normalized spacial score (nSPS) is 12.8. The summed E-state index contributed by atoms with van der Waals surface area (Å²) in [6.07, 6.45) is 2.16. The number of aliphatic hydroxyl groups is 1. The van der Waals surface area contributed by atoms with Crippen molar-refractivity contribution in [3.8, 4) is 0 Å². The number of hydrogen-bond donors (Lipinski definition) is 3. The van der Waals surface area contributed by atoms with Gasteiger partial charge in [0.25, 0.3) is 5.56 Å². The van der Waals surface area contributed by atoms with Gasteiger partial charge in [-0.05, 0) is 19.3 Å². The second-order valence-electron chi connectivity index (χ2n) is 5.74. The summed E-state index contributed by atoms with van der Waals surface area (Å²) in [5.74, 6) is -0.0265. The second-order valence-corrected chi connectivity index (χ2v) is 5.74. The minimum absolute atomic E-state index is 0.0961. The number of nitrogens with zero attached hydrogens (tertiary/aromatic N) is 2. The zero-order valence-electron chi connectivity index (χ0n) is 13.1. The van der Waals surface area contributed by atoms with Crippen LogP contribution in [0.5, 0.6) is 0 Å². The molecule has 0 spiro atoms. The lowest BCUT2D eigenvalue weighted by Gasteiger charge is -2.19. The predicted octanol–water partition coefficient (Wildman–Crippen LogP) is 0.397. The van der Waals surface area contributed by atoms with Crippen LogP contribution in [0, 0.1) is 12.8 Å². The highest BCUT2D eigenvalue weighted by Crippen LogP contribution is 2.06. The van der Waals surface area contributed by atoms with Crippen LogP contribution in [0.15, 0.2) is 17.1 Å². The molecule has 2 rings (SSSR count). The molecule has 1 amide bonds. The molecule has 0 radical (unpaired) electrons. The van der Waals surface area contributed by atoms with Crippen LogP contribution in [0.1, 0.15) is 31.5 Å². The smallest absolute Gasteiger partial charge is 0.276 e. The number of nitrogens with one attached hydrogen (secondary N) is 2. The molecule has 0 aromatic carbocycles. The molecule has 2 heterocycles. The Hall–Kier alpha value is -2.15. The molecule has 0 aliphatic carbocycles. The van der Waals surface area contributed by atoms with Crippen LogP contribution < -0.4 is 10.9 Å². The van der Waals surface area contributed by atoms with E-state index in [2.05, 4.69) is 15.4 Å². The van der Waals surface area contributed by atoms with Crippen LogP contribution in [0.3, 0.4) is 0 Å². The topological polar surface area (TPSA) is 99.5 Å². The van der Waals surface area contributed by atoms with Crippen molar-refractivity contribution in [2.75, 3.05) is 6.61 Å². The lowest BCUT2D eigenvalue weighted by atomic mass is 10.0. The van der Waals surface area contributed by atoms with Crippen LogP contribution in [0.2, 0.25) is 0 Å². The quantitative estimate of drug-likeness (QED) is 0.719. The van der Waals surface area contributed by atoms with Crippen LogP contribution in [-0.4, -0.2) is 38.3 Å². The third-order valence-electron chi connectivity index (χ3n) is 3.80. The average molecular weight is 306 g/mol. The van der Waals surface area contributed by atoms with Crippen molar-refractivity contribution >= 4 is 11.6 Å². The van der Waals surface area contributed by atoms with Crippen molar-refractivity contribution in [3.63, 3.8) is 0 Å². The van der Waals surface area contributed by atoms with Gasteiger partial charge < -0.3 is 10.4 Å². The Morgan fingerprint density at radius 2 is 2.23 bits per heavy atom. The molecule has 7 heteroatoms. The lowest BCUT2D eigenvalue weighted by molar-refractivity contribution is -0.122. The Balaban J connectivity index is 2.08. The Labute approximate surface area is 128 Å². The third-order valence-corrected chi connectivity index (χ3v) is 3.80. The maximum atomic E-state index is 12.3. The van der Waals surface area contributed by atoms with Gasteiger partial charge in [-0.2, -0.15) is 0 Å². The zero-order valence-corrected chi connectivity index (χ0v) is 13.1. The molecule has 0 unspecified atom stereocenters. The number of amides is 1. The van der Waals surface area contributed by atoms with E-state index in [1.165, 1.54) is 4.52 Å². The van der Waals surface area contributed by atoms with E-state index in [4.69, 9.17) is 0 Å². The molecular weight excluding hydrogens is 284 g/mol. The number of carbonyl (C=O) groups is 1. The fourth-order valence-corrected chi connectivity index (χ4v) is 2.33. The van der Waals surface area contributed by atoms with Gasteiger partial charge in [-0.25, -0.2) is 9.50 Å². The van der Waals surface area contributed by atoms with Crippen molar-refractivity contribution < 1.29 is 9.90 Å². The van der Waals surface area contributed by atoms with Crippen molar-refractivity contribution in [3.05, 3.63) is 33.9 Å². The molecule has 0 fully saturated rings. The number of aromatic amines is 1. The molecule has 0 saturated carbocycles. The first-order chi connectivity index (χ1) is 10.4. The first-order valence-electron chi connectivity index (χ1n) is 7.40. The molecule has 0 bridgehead atoms. The number of fused-ring (bicyclic) bond motifs is 1. The zero-order chi connectivity index (χ0) is 16.3. The molecular formula is C15H22N4O3. The van der Waals surface area contributed by atoms with E-state index in [-0.39, 0.29) is 36.5 Å². The van der Waals surface area contributed by atoms with Crippen LogP contribution in [0.4, 0.5) is 0 Å². The maximum Gasteiger partial charge on any atom is 0.276 e. The van der Waals surface area contributed by atoms with Gasteiger partial charge in [-0.15, -0.1) is 0 Å².